The van der Waals surface area contributed by atoms with Crippen molar-refractivity contribution in [3.05, 3.63) is 47.5 Å². The van der Waals surface area contributed by atoms with Crippen LogP contribution in [0.3, 0.4) is 0 Å². The molecule has 4 heteroatoms. The van der Waals surface area contributed by atoms with Gasteiger partial charge in [-0.1, -0.05) is 31.5 Å². The first-order chi connectivity index (χ1) is 9.31. The number of benzene rings is 1. The lowest BCUT2D eigenvalue weighted by atomic mass is 10.3. The van der Waals surface area contributed by atoms with Crippen LogP contribution in [-0.2, 0) is 13.1 Å². The van der Waals surface area contributed by atoms with E-state index in [0.29, 0.717) is 0 Å². The first-order valence-corrected chi connectivity index (χ1v) is 8.14. The van der Waals surface area contributed by atoms with E-state index in [1.807, 2.05) is 17.8 Å². The van der Waals surface area contributed by atoms with E-state index in [2.05, 4.69) is 52.7 Å². The van der Waals surface area contributed by atoms with Gasteiger partial charge < -0.3 is 9.13 Å². The van der Waals surface area contributed by atoms with E-state index in [-0.39, 0.29) is 0 Å². The summed E-state index contributed by atoms with van der Waals surface area (Å²) in [7, 11) is 0. The fourth-order valence-corrected chi connectivity index (χ4v) is 3.08. The van der Waals surface area contributed by atoms with E-state index in [0.717, 1.165) is 23.6 Å². The van der Waals surface area contributed by atoms with Crippen molar-refractivity contribution in [2.24, 2.45) is 0 Å². The molecule has 0 unspecified atom stereocenters. The van der Waals surface area contributed by atoms with Crippen LogP contribution >= 0.6 is 24.0 Å². The number of hydrogen-bond acceptors (Lipinski definition) is 2. The zero-order valence-corrected chi connectivity index (χ0v) is 12.9. The van der Waals surface area contributed by atoms with E-state index in [1.54, 1.807) is 0 Å². The number of aromatic nitrogens is 2. The third-order valence-corrected chi connectivity index (χ3v) is 4.48. The topological polar surface area (TPSA) is 9.86 Å². The van der Waals surface area contributed by atoms with Gasteiger partial charge in [0, 0.05) is 36.1 Å². The molecule has 0 saturated heterocycles. The molecule has 0 N–H and O–H groups in total. The Morgan fingerprint density at radius 1 is 1.05 bits per heavy atom. The Kier molecular flexibility index (Phi) is 5.73. The van der Waals surface area contributed by atoms with Crippen molar-refractivity contribution in [1.82, 2.24) is 9.13 Å². The summed E-state index contributed by atoms with van der Waals surface area (Å²) in [6, 6.07) is 10.5. The van der Waals surface area contributed by atoms with Crippen molar-refractivity contribution in [2.75, 3.05) is 5.75 Å². The van der Waals surface area contributed by atoms with E-state index in [4.69, 9.17) is 12.2 Å². The summed E-state index contributed by atoms with van der Waals surface area (Å²) in [5.74, 6) is 1.05. The maximum atomic E-state index is 5.49. The van der Waals surface area contributed by atoms with Gasteiger partial charge in [-0.15, -0.1) is 11.8 Å². The molecule has 2 nitrogen and oxygen atoms in total. The molecule has 0 aliphatic rings. The number of thioether (sulfide) groups is 1. The quantitative estimate of drug-likeness (QED) is 0.544. The molecule has 0 saturated carbocycles. The second-order valence-corrected chi connectivity index (χ2v) is 6.02. The van der Waals surface area contributed by atoms with Crippen LogP contribution in [0.25, 0.3) is 0 Å². The van der Waals surface area contributed by atoms with Crippen LogP contribution in [0, 0.1) is 4.77 Å². The molecule has 0 atom stereocenters. The summed E-state index contributed by atoms with van der Waals surface area (Å²) in [4.78, 5) is 1.32. The van der Waals surface area contributed by atoms with Gasteiger partial charge in [0.05, 0.1) is 0 Å². The average Bonchev–Trinajstić information content (AvgIpc) is 2.79. The second kappa shape index (κ2) is 7.56. The predicted molar refractivity (Wildman–Crippen MR) is 85.3 cm³/mol. The minimum absolute atomic E-state index is 0.946. The summed E-state index contributed by atoms with van der Waals surface area (Å²) < 4.78 is 5.29. The van der Waals surface area contributed by atoms with Crippen molar-refractivity contribution in [3.63, 3.8) is 0 Å². The molecule has 0 aliphatic carbocycles. The smallest absolute Gasteiger partial charge is 0.179 e. The summed E-state index contributed by atoms with van der Waals surface area (Å²) >= 11 is 7.36. The van der Waals surface area contributed by atoms with Gasteiger partial charge in [-0.2, -0.15) is 0 Å². The maximum Gasteiger partial charge on any atom is 0.179 e. The van der Waals surface area contributed by atoms with E-state index in [1.165, 1.54) is 17.7 Å². The minimum atomic E-state index is 0.946. The zero-order valence-electron chi connectivity index (χ0n) is 11.3. The minimum Gasteiger partial charge on any atom is -0.324 e. The Morgan fingerprint density at radius 3 is 2.42 bits per heavy atom. The number of nitrogens with zero attached hydrogens (tertiary/aromatic N) is 2. The van der Waals surface area contributed by atoms with Crippen LogP contribution in [0.15, 0.2) is 47.6 Å². The molecular formula is C15H20N2S2. The summed E-state index contributed by atoms with van der Waals surface area (Å²) in [6.45, 7) is 4.21. The van der Waals surface area contributed by atoms with Gasteiger partial charge in [0.25, 0.3) is 0 Å². The van der Waals surface area contributed by atoms with Gasteiger partial charge in [-0.25, -0.2) is 0 Å². The van der Waals surface area contributed by atoms with Crippen LogP contribution < -0.4 is 0 Å². The molecule has 102 valence electrons. The van der Waals surface area contributed by atoms with Crippen molar-refractivity contribution >= 4 is 24.0 Å². The monoisotopic (exact) mass is 292 g/mol. The Bertz CT molecular complexity index is 543. The number of imidazole rings is 1. The molecule has 2 aromatic rings. The van der Waals surface area contributed by atoms with E-state index < -0.39 is 0 Å². The Morgan fingerprint density at radius 2 is 1.74 bits per heavy atom. The zero-order chi connectivity index (χ0) is 13.5. The van der Waals surface area contributed by atoms with E-state index in [9.17, 15) is 0 Å². The average molecular weight is 292 g/mol. The lowest BCUT2D eigenvalue weighted by Gasteiger charge is -2.04. The molecule has 1 heterocycles. The first-order valence-electron chi connectivity index (χ1n) is 6.74. The van der Waals surface area contributed by atoms with Gasteiger partial charge in [0.2, 0.25) is 0 Å². The third-order valence-electron chi connectivity index (χ3n) is 3.01. The molecular weight excluding hydrogens is 272 g/mol. The molecule has 0 aliphatic heterocycles. The Hall–Kier alpha value is -1.00. The lowest BCUT2D eigenvalue weighted by molar-refractivity contribution is 0.607. The van der Waals surface area contributed by atoms with Gasteiger partial charge >= 0.3 is 0 Å². The fraction of sp³-hybridized carbons (Fsp3) is 0.400. The Balaban J connectivity index is 1.86. The summed E-state index contributed by atoms with van der Waals surface area (Å²) in [5.41, 5.74) is 0. The van der Waals surface area contributed by atoms with Gasteiger partial charge in [-0.3, -0.25) is 0 Å². The summed E-state index contributed by atoms with van der Waals surface area (Å²) in [6.07, 6.45) is 6.60. The van der Waals surface area contributed by atoms with Crippen molar-refractivity contribution < 1.29 is 0 Å². The highest BCUT2D eigenvalue weighted by Crippen LogP contribution is 2.17. The van der Waals surface area contributed by atoms with Gasteiger partial charge in [0.1, 0.15) is 0 Å². The molecule has 0 amide bonds. The van der Waals surface area contributed by atoms with Crippen molar-refractivity contribution in [2.45, 2.75) is 37.8 Å². The first kappa shape index (κ1) is 14.4. The van der Waals surface area contributed by atoms with Crippen LogP contribution in [0.1, 0.15) is 19.8 Å². The third kappa shape index (κ3) is 4.25. The van der Waals surface area contributed by atoms with Gasteiger partial charge in [-0.05, 0) is 30.8 Å². The predicted octanol–water partition coefficient (Wildman–Crippen LogP) is 4.61. The van der Waals surface area contributed by atoms with Crippen LogP contribution in [0.2, 0.25) is 0 Å². The van der Waals surface area contributed by atoms with Crippen LogP contribution in [0.4, 0.5) is 0 Å². The highest BCUT2D eigenvalue weighted by atomic mass is 32.2. The highest BCUT2D eigenvalue weighted by Gasteiger charge is 2.00. The number of unbranched alkanes of at least 4 members (excludes halogenated alkanes) is 1. The Labute approximate surface area is 124 Å². The van der Waals surface area contributed by atoms with Crippen LogP contribution in [0.5, 0.6) is 0 Å². The summed E-state index contributed by atoms with van der Waals surface area (Å²) in [5, 5.41) is 0. The molecule has 1 aromatic carbocycles. The highest BCUT2D eigenvalue weighted by molar-refractivity contribution is 7.99. The molecule has 0 bridgehead atoms. The molecule has 1 aromatic heterocycles. The molecule has 0 fully saturated rings. The standard InChI is InChI=1S/C15H20N2S2/c1-2-3-9-16-10-11-17(15(16)18)12-13-19-14-7-5-4-6-8-14/h4-8,10-11H,2-3,9,12-13H2,1H3. The largest absolute Gasteiger partial charge is 0.324 e. The fourth-order valence-electron chi connectivity index (χ4n) is 1.90. The maximum absolute atomic E-state index is 5.49. The second-order valence-electron chi connectivity index (χ2n) is 4.48. The SMILES string of the molecule is CCCCn1ccn(CCSc2ccccc2)c1=S. The van der Waals surface area contributed by atoms with Crippen LogP contribution in [-0.4, -0.2) is 14.9 Å². The van der Waals surface area contributed by atoms with Crippen molar-refractivity contribution in [1.29, 1.82) is 0 Å². The normalized spacial score (nSPS) is 10.8. The lowest BCUT2D eigenvalue weighted by Crippen LogP contribution is -2.03. The van der Waals surface area contributed by atoms with Crippen molar-refractivity contribution in [3.8, 4) is 0 Å². The molecule has 0 radical (unpaired) electrons. The molecule has 0 spiro atoms. The molecule has 2 rings (SSSR count). The van der Waals surface area contributed by atoms with E-state index >= 15 is 0 Å². The number of aryl methyl sites for hydroxylation is 2. The van der Waals surface area contributed by atoms with Gasteiger partial charge in [0.15, 0.2) is 4.77 Å². The number of rotatable bonds is 7. The molecule has 19 heavy (non-hydrogen) atoms. The number of hydrogen-bond donors (Lipinski definition) is 0.